The van der Waals surface area contributed by atoms with Crippen LogP contribution >= 0.6 is 0 Å². The van der Waals surface area contributed by atoms with Crippen LogP contribution in [0.4, 0.5) is 4.39 Å². The van der Waals surface area contributed by atoms with E-state index in [9.17, 15) is 21.2 Å². The van der Waals surface area contributed by atoms with E-state index in [-0.39, 0.29) is 10.6 Å². The highest BCUT2D eigenvalue weighted by molar-refractivity contribution is 7.96. The Kier molecular flexibility index (Phi) is 5.48. The minimum atomic E-state index is -3.83. The Bertz CT molecular complexity index is 742. The summed E-state index contributed by atoms with van der Waals surface area (Å²) in [6.45, 7) is 4.65. The average molecular weight is 363 g/mol. The lowest BCUT2D eigenvalue weighted by Gasteiger charge is -2.20. The lowest BCUT2D eigenvalue weighted by atomic mass is 10.1. The van der Waals surface area contributed by atoms with Crippen LogP contribution in [0.5, 0.6) is 0 Å². The van der Waals surface area contributed by atoms with Crippen molar-refractivity contribution in [1.82, 2.24) is 5.32 Å². The zero-order chi connectivity index (χ0) is 17.3. The van der Waals surface area contributed by atoms with Crippen LogP contribution in [0.3, 0.4) is 0 Å². The third-order valence-corrected chi connectivity index (χ3v) is 8.14. The smallest absolute Gasteiger partial charge is 0.183 e. The number of nitrogens with one attached hydrogen (secondary N) is 1. The molecule has 1 aromatic rings. The standard InChI is InChI=1S/C15H22FNO4S2/c1-11(2)7-8-17-14-9-22(18,19)10-15(14)23(20,21)13-5-3-12(16)4-6-13/h3-6,11,14-15,17H,7-10H2,1-2H3/t14-,15-/m0/s1. The molecule has 0 radical (unpaired) electrons. The molecule has 1 saturated heterocycles. The van der Waals surface area contributed by atoms with Gasteiger partial charge in [-0.3, -0.25) is 0 Å². The van der Waals surface area contributed by atoms with Crippen LogP contribution in [-0.2, 0) is 19.7 Å². The molecule has 130 valence electrons. The summed E-state index contributed by atoms with van der Waals surface area (Å²) in [5.41, 5.74) is 0. The number of hydrogen-bond acceptors (Lipinski definition) is 5. The first-order valence-corrected chi connectivity index (χ1v) is 10.9. The Morgan fingerprint density at radius 3 is 2.39 bits per heavy atom. The second-order valence-corrected chi connectivity index (χ2v) is 10.7. The number of sulfone groups is 2. The fourth-order valence-corrected chi connectivity index (χ4v) is 7.38. The maximum Gasteiger partial charge on any atom is 0.183 e. The summed E-state index contributed by atoms with van der Waals surface area (Å²) < 4.78 is 62.3. The van der Waals surface area contributed by atoms with E-state index < -0.39 is 42.5 Å². The Hall–Kier alpha value is -0.990. The van der Waals surface area contributed by atoms with Crippen LogP contribution in [0.1, 0.15) is 20.3 Å². The van der Waals surface area contributed by atoms with Crippen LogP contribution in [0.15, 0.2) is 29.2 Å². The van der Waals surface area contributed by atoms with E-state index >= 15 is 0 Å². The van der Waals surface area contributed by atoms with Crippen molar-refractivity contribution in [3.05, 3.63) is 30.1 Å². The van der Waals surface area contributed by atoms with E-state index in [0.29, 0.717) is 12.5 Å². The first kappa shape index (κ1) is 18.4. The normalized spacial score (nSPS) is 24.2. The molecule has 1 fully saturated rings. The van der Waals surface area contributed by atoms with Gasteiger partial charge in [0.1, 0.15) is 5.82 Å². The highest BCUT2D eigenvalue weighted by atomic mass is 32.2. The van der Waals surface area contributed by atoms with Gasteiger partial charge in [-0.25, -0.2) is 21.2 Å². The Balaban J connectivity index is 2.24. The summed E-state index contributed by atoms with van der Waals surface area (Å²) in [6.07, 6.45) is 0.833. The monoisotopic (exact) mass is 363 g/mol. The van der Waals surface area contributed by atoms with Crippen LogP contribution in [-0.4, -0.2) is 46.2 Å². The number of rotatable bonds is 6. The van der Waals surface area contributed by atoms with E-state index in [2.05, 4.69) is 5.32 Å². The SMILES string of the molecule is CC(C)CCN[C@H]1CS(=O)(=O)C[C@@H]1S(=O)(=O)c1ccc(F)cc1. The summed E-state index contributed by atoms with van der Waals surface area (Å²) in [5, 5.41) is 2.04. The van der Waals surface area contributed by atoms with E-state index in [0.717, 1.165) is 18.6 Å². The predicted octanol–water partition coefficient (Wildman–Crippen LogP) is 1.40. The average Bonchev–Trinajstić information content (AvgIpc) is 2.75. The summed E-state index contributed by atoms with van der Waals surface area (Å²) >= 11 is 0. The Morgan fingerprint density at radius 2 is 1.83 bits per heavy atom. The van der Waals surface area contributed by atoms with Crippen molar-refractivity contribution in [2.45, 2.75) is 36.5 Å². The van der Waals surface area contributed by atoms with Crippen molar-refractivity contribution < 1.29 is 21.2 Å². The maximum atomic E-state index is 13.0. The molecule has 8 heteroatoms. The fourth-order valence-electron chi connectivity index (χ4n) is 2.67. The molecule has 0 saturated carbocycles. The molecule has 0 amide bonds. The third kappa shape index (κ3) is 4.51. The highest BCUT2D eigenvalue weighted by Crippen LogP contribution is 2.26. The molecule has 5 nitrogen and oxygen atoms in total. The molecule has 1 aromatic carbocycles. The summed E-state index contributed by atoms with van der Waals surface area (Å²) in [5.74, 6) is -0.676. The minimum Gasteiger partial charge on any atom is -0.312 e. The molecule has 1 aliphatic heterocycles. The van der Waals surface area contributed by atoms with Gasteiger partial charge in [-0.2, -0.15) is 0 Å². The van der Waals surface area contributed by atoms with Gasteiger partial charge in [0, 0.05) is 6.04 Å². The lowest BCUT2D eigenvalue weighted by molar-refractivity contribution is 0.483. The van der Waals surface area contributed by atoms with Crippen LogP contribution in [0.25, 0.3) is 0 Å². The van der Waals surface area contributed by atoms with E-state index in [1.165, 1.54) is 12.1 Å². The van der Waals surface area contributed by atoms with Crippen molar-refractivity contribution in [3.8, 4) is 0 Å². The predicted molar refractivity (Wildman–Crippen MR) is 87.3 cm³/mol. The largest absolute Gasteiger partial charge is 0.312 e. The molecular formula is C15H22FNO4S2. The summed E-state index contributed by atoms with van der Waals surface area (Å²) in [4.78, 5) is -0.0448. The Morgan fingerprint density at radius 1 is 1.22 bits per heavy atom. The molecule has 1 heterocycles. The Labute approximate surface area is 137 Å². The van der Waals surface area contributed by atoms with Crippen molar-refractivity contribution in [3.63, 3.8) is 0 Å². The van der Waals surface area contributed by atoms with E-state index in [1.54, 1.807) is 0 Å². The van der Waals surface area contributed by atoms with Crippen molar-refractivity contribution >= 4 is 19.7 Å². The fraction of sp³-hybridized carbons (Fsp3) is 0.600. The van der Waals surface area contributed by atoms with Gasteiger partial charge >= 0.3 is 0 Å². The first-order valence-electron chi connectivity index (χ1n) is 7.55. The number of halogens is 1. The van der Waals surface area contributed by atoms with Crippen molar-refractivity contribution in [2.24, 2.45) is 5.92 Å². The molecule has 2 atom stereocenters. The second kappa shape index (κ2) is 6.86. The first-order chi connectivity index (χ1) is 10.6. The van der Waals surface area contributed by atoms with Gasteiger partial charge in [0.05, 0.1) is 21.7 Å². The van der Waals surface area contributed by atoms with Gasteiger partial charge in [-0.1, -0.05) is 13.8 Å². The molecule has 0 bridgehead atoms. The molecule has 0 unspecified atom stereocenters. The number of hydrogen-bond donors (Lipinski definition) is 1. The quantitative estimate of drug-likeness (QED) is 0.773. The van der Waals surface area contributed by atoms with Crippen molar-refractivity contribution in [2.75, 3.05) is 18.1 Å². The number of benzene rings is 1. The summed E-state index contributed by atoms with van der Waals surface area (Å²) in [6, 6.07) is 3.87. The van der Waals surface area contributed by atoms with Gasteiger partial charge in [0.25, 0.3) is 0 Å². The third-order valence-electron chi connectivity index (χ3n) is 3.97. The van der Waals surface area contributed by atoms with Gasteiger partial charge in [0.15, 0.2) is 19.7 Å². The van der Waals surface area contributed by atoms with Gasteiger partial charge in [-0.05, 0) is 43.1 Å². The maximum absolute atomic E-state index is 13.0. The van der Waals surface area contributed by atoms with E-state index in [4.69, 9.17) is 0 Å². The molecular weight excluding hydrogens is 341 g/mol. The second-order valence-electron chi connectivity index (χ2n) is 6.36. The molecule has 23 heavy (non-hydrogen) atoms. The topological polar surface area (TPSA) is 80.3 Å². The van der Waals surface area contributed by atoms with Gasteiger partial charge in [0.2, 0.25) is 0 Å². The van der Waals surface area contributed by atoms with Gasteiger partial charge < -0.3 is 5.32 Å². The zero-order valence-corrected chi connectivity index (χ0v) is 14.8. The molecule has 0 aromatic heterocycles. The molecule has 0 spiro atoms. The van der Waals surface area contributed by atoms with E-state index in [1.807, 2.05) is 13.8 Å². The molecule has 1 aliphatic rings. The zero-order valence-electron chi connectivity index (χ0n) is 13.2. The van der Waals surface area contributed by atoms with Crippen LogP contribution < -0.4 is 5.32 Å². The highest BCUT2D eigenvalue weighted by Gasteiger charge is 2.45. The summed E-state index contributed by atoms with van der Waals surface area (Å²) in [7, 11) is -7.25. The van der Waals surface area contributed by atoms with Gasteiger partial charge in [-0.15, -0.1) is 0 Å². The minimum absolute atomic E-state index is 0.0448. The molecule has 1 N–H and O–H groups in total. The van der Waals surface area contributed by atoms with Crippen LogP contribution in [0.2, 0.25) is 0 Å². The van der Waals surface area contributed by atoms with Crippen molar-refractivity contribution in [1.29, 1.82) is 0 Å². The molecule has 2 rings (SSSR count). The lowest BCUT2D eigenvalue weighted by Crippen LogP contribution is -2.43. The molecule has 0 aliphatic carbocycles. The van der Waals surface area contributed by atoms with Crippen LogP contribution in [0, 0.1) is 11.7 Å².